The molecule has 22 heavy (non-hydrogen) atoms. The molecule has 0 spiro atoms. The van der Waals surface area contributed by atoms with Crippen molar-refractivity contribution >= 4 is 22.0 Å². The maximum atomic E-state index is 11.9. The van der Waals surface area contributed by atoms with E-state index in [1.54, 1.807) is 7.05 Å². The molecule has 1 aromatic carbocycles. The Labute approximate surface area is 129 Å². The summed E-state index contributed by atoms with van der Waals surface area (Å²) in [4.78, 5) is 11.7. The van der Waals surface area contributed by atoms with Crippen LogP contribution in [0.2, 0.25) is 0 Å². The van der Waals surface area contributed by atoms with Gasteiger partial charge in [0.05, 0.1) is 6.20 Å². The lowest BCUT2D eigenvalue weighted by atomic mass is 10.2. The summed E-state index contributed by atoms with van der Waals surface area (Å²) >= 11 is 0. The van der Waals surface area contributed by atoms with Gasteiger partial charge in [-0.25, -0.2) is 13.1 Å². The highest BCUT2D eigenvalue weighted by atomic mass is 32.2. The number of benzene rings is 1. The second-order valence-electron chi connectivity index (χ2n) is 4.73. The van der Waals surface area contributed by atoms with E-state index in [0.29, 0.717) is 6.42 Å². The van der Waals surface area contributed by atoms with Crippen molar-refractivity contribution in [2.24, 2.45) is 7.05 Å². The molecule has 1 N–H and O–H groups in total. The molecule has 1 amide bonds. The van der Waals surface area contributed by atoms with E-state index in [1.807, 2.05) is 47.2 Å². The molecule has 0 atom stereocenters. The lowest BCUT2D eigenvalue weighted by Gasteiger charge is -2.03. The smallest absolute Gasteiger partial charge is 0.267 e. The third kappa shape index (κ3) is 4.56. The van der Waals surface area contributed by atoms with Crippen LogP contribution in [-0.4, -0.2) is 24.1 Å². The normalized spacial score (nSPS) is 11.7. The summed E-state index contributed by atoms with van der Waals surface area (Å²) in [5.41, 5.74) is 1.03. The third-order valence-corrected chi connectivity index (χ3v) is 4.22. The second kappa shape index (κ2) is 7.04. The summed E-state index contributed by atoms with van der Waals surface area (Å²) in [5, 5.41) is 3.77. The molecule has 0 aliphatic rings. The van der Waals surface area contributed by atoms with Crippen molar-refractivity contribution < 1.29 is 13.2 Å². The van der Waals surface area contributed by atoms with Gasteiger partial charge in [0.25, 0.3) is 10.0 Å². The van der Waals surface area contributed by atoms with Crippen LogP contribution in [0.1, 0.15) is 18.4 Å². The van der Waals surface area contributed by atoms with E-state index in [4.69, 9.17) is 0 Å². The van der Waals surface area contributed by atoms with Crippen LogP contribution in [-0.2, 0) is 21.9 Å². The summed E-state index contributed by atoms with van der Waals surface area (Å²) in [6, 6.07) is 9.67. The van der Waals surface area contributed by atoms with Crippen LogP contribution in [0, 0.1) is 0 Å². The number of amides is 1. The van der Waals surface area contributed by atoms with E-state index in [9.17, 15) is 13.2 Å². The van der Waals surface area contributed by atoms with Gasteiger partial charge in [-0.2, -0.15) is 5.10 Å². The van der Waals surface area contributed by atoms with Gasteiger partial charge < -0.3 is 0 Å². The minimum atomic E-state index is -3.83. The van der Waals surface area contributed by atoms with Gasteiger partial charge in [-0.1, -0.05) is 42.5 Å². The van der Waals surface area contributed by atoms with Crippen molar-refractivity contribution in [2.75, 3.05) is 0 Å². The molecule has 2 aromatic rings. The standard InChI is InChI=1S/C15H17N3O3S/c1-18-12-14(11-16-18)22(20,21)17-15(19)10-6-5-9-13-7-3-2-4-8-13/h2-5,7-9,11-12H,6,10H2,1H3,(H,17,19)/b9-5-. The summed E-state index contributed by atoms with van der Waals surface area (Å²) in [7, 11) is -2.23. The SMILES string of the molecule is Cn1cc(S(=O)(=O)NC(=O)CC/C=C\c2ccccc2)cn1. The van der Waals surface area contributed by atoms with Gasteiger partial charge in [0.1, 0.15) is 4.90 Å². The number of allylic oxidation sites excluding steroid dienone is 1. The molecule has 1 aromatic heterocycles. The summed E-state index contributed by atoms with van der Waals surface area (Å²) in [5.74, 6) is -0.540. The number of hydrogen-bond donors (Lipinski definition) is 1. The lowest BCUT2D eigenvalue weighted by molar-refractivity contribution is -0.119. The van der Waals surface area contributed by atoms with Crippen molar-refractivity contribution in [1.29, 1.82) is 0 Å². The average Bonchev–Trinajstić information content (AvgIpc) is 2.92. The average molecular weight is 319 g/mol. The van der Waals surface area contributed by atoms with Crippen LogP contribution >= 0.6 is 0 Å². The molecule has 0 saturated heterocycles. The van der Waals surface area contributed by atoms with Gasteiger partial charge in [-0.15, -0.1) is 0 Å². The minimum absolute atomic E-state index is 0.0248. The zero-order valence-corrected chi connectivity index (χ0v) is 13.0. The molecule has 0 unspecified atom stereocenters. The van der Waals surface area contributed by atoms with E-state index in [-0.39, 0.29) is 11.3 Å². The minimum Gasteiger partial charge on any atom is -0.274 e. The van der Waals surface area contributed by atoms with Gasteiger partial charge >= 0.3 is 0 Å². The van der Waals surface area contributed by atoms with Crippen LogP contribution in [0.4, 0.5) is 0 Å². The maximum Gasteiger partial charge on any atom is 0.267 e. The molecular weight excluding hydrogens is 302 g/mol. The second-order valence-corrected chi connectivity index (χ2v) is 6.41. The van der Waals surface area contributed by atoms with E-state index >= 15 is 0 Å². The quantitative estimate of drug-likeness (QED) is 0.879. The van der Waals surface area contributed by atoms with Crippen molar-refractivity contribution in [3.63, 3.8) is 0 Å². The Kier molecular flexibility index (Phi) is 5.11. The van der Waals surface area contributed by atoms with Crippen LogP contribution in [0.25, 0.3) is 6.08 Å². The zero-order chi connectivity index (χ0) is 16.0. The summed E-state index contributed by atoms with van der Waals surface area (Å²) in [6.45, 7) is 0. The van der Waals surface area contributed by atoms with Crippen molar-refractivity contribution in [3.05, 3.63) is 54.4 Å². The zero-order valence-electron chi connectivity index (χ0n) is 12.1. The Morgan fingerprint density at radius 2 is 2.05 bits per heavy atom. The number of aryl methyl sites for hydroxylation is 1. The number of rotatable bonds is 6. The van der Waals surface area contributed by atoms with Gasteiger partial charge in [0, 0.05) is 19.7 Å². The number of aromatic nitrogens is 2. The van der Waals surface area contributed by atoms with Crippen molar-refractivity contribution in [3.8, 4) is 0 Å². The number of carbonyl (C=O) groups excluding carboxylic acids is 1. The van der Waals surface area contributed by atoms with Gasteiger partial charge in [-0.05, 0) is 12.0 Å². The first-order chi connectivity index (χ1) is 10.5. The van der Waals surface area contributed by atoms with Crippen molar-refractivity contribution in [1.82, 2.24) is 14.5 Å². The molecular formula is C15H17N3O3S. The topological polar surface area (TPSA) is 81.1 Å². The number of nitrogens with zero attached hydrogens (tertiary/aromatic N) is 2. The number of nitrogens with one attached hydrogen (secondary N) is 1. The Bertz CT molecular complexity index is 764. The van der Waals surface area contributed by atoms with Gasteiger partial charge in [-0.3, -0.25) is 9.48 Å². The predicted molar refractivity (Wildman–Crippen MR) is 83.2 cm³/mol. The van der Waals surface area contributed by atoms with Crippen LogP contribution < -0.4 is 4.72 Å². The monoisotopic (exact) mass is 319 g/mol. The molecule has 7 heteroatoms. The first-order valence-corrected chi connectivity index (χ1v) is 8.21. The molecule has 0 radical (unpaired) electrons. The Morgan fingerprint density at radius 1 is 1.32 bits per heavy atom. The Balaban J connectivity index is 1.84. The molecule has 0 saturated carbocycles. The fourth-order valence-electron chi connectivity index (χ4n) is 1.80. The molecule has 2 rings (SSSR count). The van der Waals surface area contributed by atoms with E-state index < -0.39 is 15.9 Å². The first-order valence-electron chi connectivity index (χ1n) is 6.73. The molecule has 1 heterocycles. The first kappa shape index (κ1) is 16.0. The Morgan fingerprint density at radius 3 is 2.68 bits per heavy atom. The molecule has 0 aliphatic carbocycles. The highest BCUT2D eigenvalue weighted by Gasteiger charge is 2.18. The summed E-state index contributed by atoms with van der Waals surface area (Å²) < 4.78 is 27.2. The molecule has 6 nitrogen and oxygen atoms in total. The number of carbonyl (C=O) groups is 1. The summed E-state index contributed by atoms with van der Waals surface area (Å²) in [6.07, 6.45) is 6.83. The maximum absolute atomic E-state index is 11.9. The highest BCUT2D eigenvalue weighted by molar-refractivity contribution is 7.90. The molecule has 0 aliphatic heterocycles. The highest BCUT2D eigenvalue weighted by Crippen LogP contribution is 2.07. The third-order valence-electron chi connectivity index (χ3n) is 2.89. The van der Waals surface area contributed by atoms with E-state index in [1.165, 1.54) is 17.1 Å². The van der Waals surface area contributed by atoms with Gasteiger partial charge in [0.2, 0.25) is 5.91 Å². The molecule has 0 fully saturated rings. The van der Waals surface area contributed by atoms with Crippen LogP contribution in [0.3, 0.4) is 0 Å². The fraction of sp³-hybridized carbons (Fsp3) is 0.200. The van der Waals surface area contributed by atoms with Crippen LogP contribution in [0.15, 0.2) is 53.7 Å². The lowest BCUT2D eigenvalue weighted by Crippen LogP contribution is -2.30. The fourth-order valence-corrected chi connectivity index (χ4v) is 2.79. The van der Waals surface area contributed by atoms with E-state index in [0.717, 1.165) is 5.56 Å². The molecule has 116 valence electrons. The van der Waals surface area contributed by atoms with Crippen molar-refractivity contribution in [2.45, 2.75) is 17.7 Å². The van der Waals surface area contributed by atoms with Gasteiger partial charge in [0.15, 0.2) is 0 Å². The van der Waals surface area contributed by atoms with E-state index in [2.05, 4.69) is 5.10 Å². The van der Waals surface area contributed by atoms with Crippen LogP contribution in [0.5, 0.6) is 0 Å². The number of sulfonamides is 1. The largest absolute Gasteiger partial charge is 0.274 e. The number of hydrogen-bond acceptors (Lipinski definition) is 4. The Hall–Kier alpha value is -2.41. The predicted octanol–water partition coefficient (Wildman–Crippen LogP) is 1.72. The molecule has 0 bridgehead atoms.